The van der Waals surface area contributed by atoms with Gasteiger partial charge in [0.2, 0.25) is 0 Å². The van der Waals surface area contributed by atoms with E-state index in [1.54, 1.807) is 25.7 Å². The van der Waals surface area contributed by atoms with Gasteiger partial charge in [0, 0.05) is 0 Å². The van der Waals surface area contributed by atoms with Crippen molar-refractivity contribution in [1.82, 2.24) is 0 Å². The zero-order chi connectivity index (χ0) is 10.0. The van der Waals surface area contributed by atoms with Gasteiger partial charge in [-0.15, -0.1) is 0 Å². The van der Waals surface area contributed by atoms with E-state index in [0.29, 0.717) is 0 Å². The van der Waals surface area contributed by atoms with Crippen LogP contribution >= 0.6 is 0 Å². The normalized spacial score (nSPS) is 42.4. The monoisotopic (exact) mass is 194 g/mol. The lowest BCUT2D eigenvalue weighted by Crippen LogP contribution is -2.41. The van der Waals surface area contributed by atoms with Crippen molar-refractivity contribution in [3.8, 4) is 0 Å². The quantitative estimate of drug-likeness (QED) is 0.606. The van der Waals surface area contributed by atoms with Gasteiger partial charge >= 0.3 is 0 Å². The van der Waals surface area contributed by atoms with Crippen LogP contribution < -0.4 is 0 Å². The Morgan fingerprint density at radius 2 is 1.79 bits per heavy atom. The van der Waals surface area contributed by atoms with Crippen molar-refractivity contribution in [3.63, 3.8) is 0 Å². The maximum Gasteiger partial charge on any atom is -0.0290 e. The van der Waals surface area contributed by atoms with Crippen molar-refractivity contribution in [2.24, 2.45) is 17.3 Å². The van der Waals surface area contributed by atoms with Gasteiger partial charge in [-0.25, -0.2) is 0 Å². The molecule has 14 heavy (non-hydrogen) atoms. The van der Waals surface area contributed by atoms with Gasteiger partial charge < -0.3 is 0 Å². The van der Waals surface area contributed by atoms with Crippen LogP contribution in [0.2, 0.25) is 0 Å². The Morgan fingerprint density at radius 1 is 1.07 bits per heavy atom. The number of hydrogen-bond acceptors (Lipinski definition) is 0. The summed E-state index contributed by atoms with van der Waals surface area (Å²) < 4.78 is 0. The van der Waals surface area contributed by atoms with Crippen LogP contribution in [0.1, 0.15) is 71.6 Å². The summed E-state index contributed by atoms with van der Waals surface area (Å²) in [5.41, 5.74) is 0.846. The summed E-state index contributed by atoms with van der Waals surface area (Å²) in [5, 5.41) is 0. The lowest BCUT2D eigenvalue weighted by atomic mass is 9.53. The van der Waals surface area contributed by atoms with Crippen LogP contribution in [0.25, 0.3) is 0 Å². The Labute approximate surface area is 89.5 Å². The molecule has 0 heterocycles. The van der Waals surface area contributed by atoms with E-state index in [4.69, 9.17) is 0 Å². The number of hydrogen-bond donors (Lipinski definition) is 0. The highest BCUT2D eigenvalue weighted by Crippen LogP contribution is 2.57. The van der Waals surface area contributed by atoms with E-state index in [0.717, 1.165) is 17.3 Å². The lowest BCUT2D eigenvalue weighted by Gasteiger charge is -2.52. The van der Waals surface area contributed by atoms with E-state index in [9.17, 15) is 0 Å². The Hall–Kier alpha value is 0. The standard InChI is InChI=1S/C14H26/c1-3-6-13-10-14(11-13)8-5-7-12(4-2)9-14/h12-13H,3-11H2,1-2H3. The van der Waals surface area contributed by atoms with E-state index in [-0.39, 0.29) is 0 Å². The first kappa shape index (κ1) is 10.5. The summed E-state index contributed by atoms with van der Waals surface area (Å²) in [7, 11) is 0. The van der Waals surface area contributed by atoms with E-state index in [1.165, 1.54) is 32.1 Å². The molecule has 2 rings (SSSR count). The first-order valence-electron chi connectivity index (χ1n) is 6.78. The third kappa shape index (κ3) is 1.99. The maximum atomic E-state index is 2.38. The van der Waals surface area contributed by atoms with Gasteiger partial charge in [0.05, 0.1) is 0 Å². The van der Waals surface area contributed by atoms with Crippen molar-refractivity contribution >= 4 is 0 Å². The van der Waals surface area contributed by atoms with Gasteiger partial charge in [-0.05, 0) is 42.9 Å². The molecule has 2 aliphatic rings. The zero-order valence-electron chi connectivity index (χ0n) is 10.0. The minimum Gasteiger partial charge on any atom is -0.0654 e. The van der Waals surface area contributed by atoms with Crippen molar-refractivity contribution < 1.29 is 0 Å². The van der Waals surface area contributed by atoms with Crippen molar-refractivity contribution in [2.75, 3.05) is 0 Å². The second kappa shape index (κ2) is 4.24. The van der Waals surface area contributed by atoms with Crippen LogP contribution in [0, 0.1) is 17.3 Å². The van der Waals surface area contributed by atoms with Crippen molar-refractivity contribution in [2.45, 2.75) is 71.6 Å². The highest BCUT2D eigenvalue weighted by atomic mass is 14.5. The summed E-state index contributed by atoms with van der Waals surface area (Å²) in [6, 6.07) is 0. The molecular formula is C14H26. The van der Waals surface area contributed by atoms with Crippen LogP contribution in [0.15, 0.2) is 0 Å². The topological polar surface area (TPSA) is 0 Å². The molecule has 2 aliphatic carbocycles. The molecule has 0 aromatic heterocycles. The minimum absolute atomic E-state index is 0.846. The van der Waals surface area contributed by atoms with Crippen LogP contribution in [0.5, 0.6) is 0 Å². The molecule has 1 spiro atoms. The fourth-order valence-electron chi connectivity index (χ4n) is 4.08. The fourth-order valence-corrected chi connectivity index (χ4v) is 4.08. The second-order valence-corrected chi connectivity index (χ2v) is 5.93. The Morgan fingerprint density at radius 3 is 2.43 bits per heavy atom. The molecular weight excluding hydrogens is 168 g/mol. The summed E-state index contributed by atoms with van der Waals surface area (Å²) >= 11 is 0. The third-order valence-corrected chi connectivity index (χ3v) is 4.76. The first-order valence-corrected chi connectivity index (χ1v) is 6.78. The highest BCUT2D eigenvalue weighted by molar-refractivity contribution is 4.96. The molecule has 0 bridgehead atoms. The molecule has 82 valence electrons. The molecule has 2 fully saturated rings. The summed E-state index contributed by atoms with van der Waals surface area (Å²) in [6.45, 7) is 4.71. The van der Waals surface area contributed by atoms with E-state index < -0.39 is 0 Å². The summed E-state index contributed by atoms with van der Waals surface area (Å²) in [5.74, 6) is 2.18. The minimum atomic E-state index is 0.846. The van der Waals surface area contributed by atoms with Crippen LogP contribution in [-0.2, 0) is 0 Å². The molecule has 2 saturated carbocycles. The van der Waals surface area contributed by atoms with Crippen LogP contribution in [0.4, 0.5) is 0 Å². The summed E-state index contributed by atoms with van der Waals surface area (Å²) in [6.07, 6.45) is 13.7. The molecule has 0 N–H and O–H groups in total. The zero-order valence-corrected chi connectivity index (χ0v) is 10.0. The maximum absolute atomic E-state index is 2.38. The smallest absolute Gasteiger partial charge is 0.0290 e. The van der Waals surface area contributed by atoms with Crippen LogP contribution in [0.3, 0.4) is 0 Å². The molecule has 0 heteroatoms. The van der Waals surface area contributed by atoms with E-state index >= 15 is 0 Å². The molecule has 1 unspecified atom stereocenters. The van der Waals surface area contributed by atoms with Gasteiger partial charge in [0.15, 0.2) is 0 Å². The highest BCUT2D eigenvalue weighted by Gasteiger charge is 2.45. The lowest BCUT2D eigenvalue weighted by molar-refractivity contribution is -0.0113. The third-order valence-electron chi connectivity index (χ3n) is 4.76. The Balaban J connectivity index is 1.81. The largest absolute Gasteiger partial charge is 0.0654 e. The van der Waals surface area contributed by atoms with Gasteiger partial charge in [-0.2, -0.15) is 0 Å². The van der Waals surface area contributed by atoms with E-state index in [2.05, 4.69) is 13.8 Å². The van der Waals surface area contributed by atoms with Crippen molar-refractivity contribution in [3.05, 3.63) is 0 Å². The molecule has 0 radical (unpaired) electrons. The molecule has 1 atom stereocenters. The molecule has 0 aromatic carbocycles. The predicted octanol–water partition coefficient (Wildman–Crippen LogP) is 4.78. The number of rotatable bonds is 3. The van der Waals surface area contributed by atoms with Crippen molar-refractivity contribution in [1.29, 1.82) is 0 Å². The average Bonchev–Trinajstić information content (AvgIpc) is 2.16. The average molecular weight is 194 g/mol. The molecule has 0 nitrogen and oxygen atoms in total. The first-order chi connectivity index (χ1) is 6.78. The fraction of sp³-hybridized carbons (Fsp3) is 1.00. The predicted molar refractivity (Wildman–Crippen MR) is 62.3 cm³/mol. The van der Waals surface area contributed by atoms with Gasteiger partial charge in [-0.1, -0.05) is 46.0 Å². The van der Waals surface area contributed by atoms with Gasteiger partial charge in [0.1, 0.15) is 0 Å². The molecule has 0 amide bonds. The second-order valence-electron chi connectivity index (χ2n) is 5.93. The summed E-state index contributed by atoms with van der Waals surface area (Å²) in [4.78, 5) is 0. The van der Waals surface area contributed by atoms with Crippen LogP contribution in [-0.4, -0.2) is 0 Å². The molecule has 0 aromatic rings. The SMILES string of the molecule is CCCC1CC2(CCCC(CC)C2)C1. The van der Waals surface area contributed by atoms with Gasteiger partial charge in [0.25, 0.3) is 0 Å². The van der Waals surface area contributed by atoms with Gasteiger partial charge in [-0.3, -0.25) is 0 Å². The van der Waals surface area contributed by atoms with E-state index in [1.807, 2.05) is 0 Å². The molecule has 0 aliphatic heterocycles. The Bertz CT molecular complexity index is 176. The Kier molecular flexibility index (Phi) is 3.19. The molecule has 0 saturated heterocycles.